The summed E-state index contributed by atoms with van der Waals surface area (Å²) in [5.74, 6) is -0.540. The summed E-state index contributed by atoms with van der Waals surface area (Å²) >= 11 is 1.32. The summed E-state index contributed by atoms with van der Waals surface area (Å²) in [4.78, 5) is 43.2. The predicted octanol–water partition coefficient (Wildman–Crippen LogP) is 2.96. The molecule has 1 aromatic carbocycles. The van der Waals surface area contributed by atoms with Gasteiger partial charge in [-0.3, -0.25) is 14.4 Å². The molecular weight excluding hydrogens is 386 g/mol. The average molecular weight is 416 g/mol. The van der Waals surface area contributed by atoms with Crippen LogP contribution >= 0.6 is 11.8 Å². The fraction of sp³-hybridized carbons (Fsp3) is 0.591. The number of nitrogens with zero attached hydrogens (tertiary/aromatic N) is 2. The van der Waals surface area contributed by atoms with E-state index in [-0.39, 0.29) is 30.3 Å². The fourth-order valence-electron chi connectivity index (χ4n) is 4.48. The van der Waals surface area contributed by atoms with E-state index < -0.39 is 5.25 Å². The summed E-state index contributed by atoms with van der Waals surface area (Å²) < 4.78 is 0. The summed E-state index contributed by atoms with van der Waals surface area (Å²) in [5, 5.41) is 2.32. The van der Waals surface area contributed by atoms with Crippen molar-refractivity contribution in [2.75, 3.05) is 24.5 Å². The molecule has 0 radical (unpaired) electrons. The third-order valence-corrected chi connectivity index (χ3v) is 7.29. The van der Waals surface area contributed by atoms with Crippen molar-refractivity contribution in [3.8, 4) is 0 Å². The number of nitrogens with one attached hydrogen (secondary N) is 1. The number of fused-ring (bicyclic) bond motifs is 1. The molecule has 2 heterocycles. The first kappa shape index (κ1) is 20.3. The van der Waals surface area contributed by atoms with Crippen LogP contribution in [0.2, 0.25) is 0 Å². The Morgan fingerprint density at radius 1 is 1.00 bits per heavy atom. The van der Waals surface area contributed by atoms with Crippen molar-refractivity contribution < 1.29 is 14.4 Å². The quantitative estimate of drug-likeness (QED) is 0.606. The van der Waals surface area contributed by atoms with Crippen molar-refractivity contribution in [3.05, 3.63) is 24.3 Å². The lowest BCUT2D eigenvalue weighted by Crippen LogP contribution is -2.52. The maximum Gasteiger partial charge on any atom is 0.250 e. The predicted molar refractivity (Wildman–Crippen MR) is 114 cm³/mol. The Kier molecular flexibility index (Phi) is 6.43. The second-order valence-corrected chi connectivity index (χ2v) is 9.33. The molecule has 0 aromatic heterocycles. The minimum atomic E-state index is -0.798. The van der Waals surface area contributed by atoms with E-state index >= 15 is 0 Å². The summed E-state index contributed by atoms with van der Waals surface area (Å²) in [6.07, 6.45) is 8.70. The first-order valence-electron chi connectivity index (χ1n) is 10.8. The van der Waals surface area contributed by atoms with Crippen molar-refractivity contribution in [2.24, 2.45) is 0 Å². The molecule has 1 saturated carbocycles. The van der Waals surface area contributed by atoms with E-state index in [0.29, 0.717) is 13.1 Å². The SMILES string of the molecule is O=C(CN1C(=O)[C@@H](C(=O)N2CCCC2)Sc2ccccc21)NC1CCCCCC1. The van der Waals surface area contributed by atoms with Crippen molar-refractivity contribution in [1.29, 1.82) is 0 Å². The lowest BCUT2D eigenvalue weighted by molar-refractivity contribution is -0.134. The Morgan fingerprint density at radius 2 is 1.69 bits per heavy atom. The van der Waals surface area contributed by atoms with Gasteiger partial charge in [0.1, 0.15) is 6.54 Å². The van der Waals surface area contributed by atoms with Crippen molar-refractivity contribution in [2.45, 2.75) is 67.6 Å². The van der Waals surface area contributed by atoms with Gasteiger partial charge in [-0.15, -0.1) is 11.8 Å². The highest BCUT2D eigenvalue weighted by Crippen LogP contribution is 2.40. The van der Waals surface area contributed by atoms with E-state index in [1.807, 2.05) is 24.3 Å². The van der Waals surface area contributed by atoms with E-state index in [4.69, 9.17) is 0 Å². The Morgan fingerprint density at radius 3 is 2.41 bits per heavy atom. The normalized spacial score (nSPS) is 22.9. The maximum absolute atomic E-state index is 13.2. The molecular formula is C22H29N3O3S. The van der Waals surface area contributed by atoms with E-state index in [2.05, 4.69) is 5.32 Å². The zero-order valence-electron chi connectivity index (χ0n) is 16.8. The monoisotopic (exact) mass is 415 g/mol. The van der Waals surface area contributed by atoms with Crippen LogP contribution in [0.25, 0.3) is 0 Å². The van der Waals surface area contributed by atoms with E-state index in [1.165, 1.54) is 29.5 Å². The molecule has 3 aliphatic rings. The molecule has 29 heavy (non-hydrogen) atoms. The average Bonchev–Trinajstić information content (AvgIpc) is 3.15. The zero-order valence-corrected chi connectivity index (χ0v) is 17.6. The van der Waals surface area contributed by atoms with Crippen LogP contribution in [-0.2, 0) is 14.4 Å². The van der Waals surface area contributed by atoms with Crippen LogP contribution < -0.4 is 10.2 Å². The summed E-state index contributed by atoms with van der Waals surface area (Å²) in [7, 11) is 0. The molecule has 2 fully saturated rings. The van der Waals surface area contributed by atoms with Gasteiger partial charge in [0, 0.05) is 24.0 Å². The molecule has 156 valence electrons. The number of benzene rings is 1. The van der Waals surface area contributed by atoms with Gasteiger partial charge in [-0.25, -0.2) is 0 Å². The highest BCUT2D eigenvalue weighted by atomic mass is 32.2. The zero-order chi connectivity index (χ0) is 20.2. The molecule has 6 nitrogen and oxygen atoms in total. The first-order valence-corrected chi connectivity index (χ1v) is 11.7. The number of amides is 3. The third-order valence-electron chi connectivity index (χ3n) is 6.06. The van der Waals surface area contributed by atoms with Gasteiger partial charge in [0.15, 0.2) is 5.25 Å². The Bertz CT molecular complexity index is 770. The van der Waals surface area contributed by atoms with Gasteiger partial charge in [0.2, 0.25) is 11.8 Å². The molecule has 7 heteroatoms. The largest absolute Gasteiger partial charge is 0.352 e. The van der Waals surface area contributed by atoms with Crippen LogP contribution in [0.15, 0.2) is 29.2 Å². The van der Waals surface area contributed by atoms with Gasteiger partial charge < -0.3 is 15.1 Å². The van der Waals surface area contributed by atoms with Gasteiger partial charge >= 0.3 is 0 Å². The Balaban J connectivity index is 1.50. The molecule has 1 aliphatic carbocycles. The summed E-state index contributed by atoms with van der Waals surface area (Å²) in [6, 6.07) is 7.74. The maximum atomic E-state index is 13.2. The number of carbonyl (C=O) groups excluding carboxylic acids is 3. The lowest BCUT2D eigenvalue weighted by Gasteiger charge is -2.34. The number of likely N-dealkylation sites (tertiary alicyclic amines) is 1. The van der Waals surface area contributed by atoms with Crippen LogP contribution in [0.1, 0.15) is 51.4 Å². The molecule has 3 amide bonds. The van der Waals surface area contributed by atoms with Crippen LogP contribution in [-0.4, -0.2) is 53.5 Å². The minimum absolute atomic E-state index is 0.0311. The summed E-state index contributed by atoms with van der Waals surface area (Å²) in [5.41, 5.74) is 0.726. The molecule has 1 atom stereocenters. The number of rotatable bonds is 4. The van der Waals surface area contributed by atoms with Crippen molar-refractivity contribution >= 4 is 35.2 Å². The number of hydrogen-bond donors (Lipinski definition) is 1. The minimum Gasteiger partial charge on any atom is -0.352 e. The molecule has 0 spiro atoms. The molecule has 1 N–H and O–H groups in total. The third kappa shape index (κ3) is 4.60. The molecule has 0 bridgehead atoms. The fourth-order valence-corrected chi connectivity index (χ4v) is 5.67. The smallest absolute Gasteiger partial charge is 0.250 e. The first-order chi connectivity index (χ1) is 14.1. The summed E-state index contributed by atoms with van der Waals surface area (Å²) in [6.45, 7) is 1.40. The Labute approximate surface area is 176 Å². The standard InChI is InChI=1S/C22H29N3O3S/c26-19(23-16-9-3-1-2-4-10-16)15-25-17-11-5-6-12-18(17)29-20(22(25)28)21(27)24-13-7-8-14-24/h5-6,11-12,16,20H,1-4,7-10,13-15H2,(H,23,26)/t20-/m1/s1. The van der Waals surface area contributed by atoms with Gasteiger partial charge in [0.05, 0.1) is 5.69 Å². The van der Waals surface area contributed by atoms with Crippen LogP contribution in [0.4, 0.5) is 5.69 Å². The van der Waals surface area contributed by atoms with E-state index in [9.17, 15) is 14.4 Å². The highest BCUT2D eigenvalue weighted by molar-refractivity contribution is 8.01. The van der Waals surface area contributed by atoms with Crippen LogP contribution in [0, 0.1) is 0 Å². The molecule has 4 rings (SSSR count). The van der Waals surface area contributed by atoms with Gasteiger partial charge in [-0.2, -0.15) is 0 Å². The molecule has 2 aliphatic heterocycles. The topological polar surface area (TPSA) is 69.7 Å². The molecule has 1 saturated heterocycles. The Hall–Kier alpha value is -2.02. The number of carbonyl (C=O) groups is 3. The molecule has 1 aromatic rings. The van der Waals surface area contributed by atoms with Gasteiger partial charge in [-0.05, 0) is 37.8 Å². The number of thioether (sulfide) groups is 1. The second-order valence-electron chi connectivity index (χ2n) is 8.18. The number of para-hydroxylation sites is 1. The van der Waals surface area contributed by atoms with Gasteiger partial charge in [0.25, 0.3) is 5.91 Å². The van der Waals surface area contributed by atoms with Crippen LogP contribution in [0.5, 0.6) is 0 Å². The number of hydrogen-bond acceptors (Lipinski definition) is 4. The lowest BCUT2D eigenvalue weighted by atomic mass is 10.1. The second kappa shape index (κ2) is 9.20. The molecule has 0 unspecified atom stereocenters. The van der Waals surface area contributed by atoms with Crippen LogP contribution in [0.3, 0.4) is 0 Å². The highest BCUT2D eigenvalue weighted by Gasteiger charge is 2.41. The van der Waals surface area contributed by atoms with E-state index in [1.54, 1.807) is 4.90 Å². The van der Waals surface area contributed by atoms with Crippen molar-refractivity contribution in [3.63, 3.8) is 0 Å². The van der Waals surface area contributed by atoms with Crippen molar-refractivity contribution in [1.82, 2.24) is 10.2 Å². The van der Waals surface area contributed by atoms with Gasteiger partial charge in [-0.1, -0.05) is 37.8 Å². The van der Waals surface area contributed by atoms with E-state index in [0.717, 1.165) is 49.1 Å². The number of anilines is 1.